The molecular weight excluding hydrogens is 346 g/mol. The maximum Gasteiger partial charge on any atom is 0.355 e. The molecule has 0 spiro atoms. The second-order valence-electron chi connectivity index (χ2n) is 6.52. The van der Waals surface area contributed by atoms with Crippen LogP contribution in [0.5, 0.6) is 0 Å². The number of nitrogens with zero attached hydrogens (tertiary/aromatic N) is 2. The molecule has 2 heterocycles. The highest BCUT2D eigenvalue weighted by atomic mass is 16.5. The van der Waals surface area contributed by atoms with Crippen LogP contribution in [0.1, 0.15) is 11.1 Å². The summed E-state index contributed by atoms with van der Waals surface area (Å²) in [5.41, 5.74) is 3.24. The lowest BCUT2D eigenvalue weighted by Gasteiger charge is -2.26. The van der Waals surface area contributed by atoms with E-state index in [1.807, 2.05) is 19.1 Å². The molecule has 136 valence electrons. The van der Waals surface area contributed by atoms with Gasteiger partial charge in [0.05, 0.1) is 12.8 Å². The topological polar surface area (TPSA) is 88.1 Å². The number of methoxy groups -OCH3 is 1. The van der Waals surface area contributed by atoms with Gasteiger partial charge < -0.3 is 4.74 Å². The molecule has 2 aliphatic heterocycles. The number of anilines is 1. The van der Waals surface area contributed by atoms with E-state index in [1.54, 1.807) is 42.5 Å². The lowest BCUT2D eigenvalue weighted by Crippen LogP contribution is -2.48. The lowest BCUT2D eigenvalue weighted by atomic mass is 9.78. The molecule has 2 amide bonds. The standard InChI is InChI=1S/C20H17N3O4/c1-12-8-10-13(11-9-12)20-15(16(21-22-20)18(25)27-2)17(24)23(19(20)26)14-6-4-3-5-7-14/h3-11,15,22H,1-2H3/t15-,20+/m1/s1. The number of amides is 2. The molecule has 0 aromatic heterocycles. The Morgan fingerprint density at radius 1 is 1.11 bits per heavy atom. The molecule has 0 bridgehead atoms. The number of hydrogen-bond acceptors (Lipinski definition) is 6. The fourth-order valence-electron chi connectivity index (χ4n) is 3.62. The minimum Gasteiger partial charge on any atom is -0.464 e. The van der Waals surface area contributed by atoms with Crippen LogP contribution in [0.25, 0.3) is 0 Å². The predicted molar refractivity (Wildman–Crippen MR) is 97.9 cm³/mol. The molecule has 0 unspecified atom stereocenters. The van der Waals surface area contributed by atoms with Crippen LogP contribution in [0, 0.1) is 12.8 Å². The summed E-state index contributed by atoms with van der Waals surface area (Å²) in [5, 5.41) is 4.01. The quantitative estimate of drug-likeness (QED) is 0.660. The minimum atomic E-state index is -1.47. The summed E-state index contributed by atoms with van der Waals surface area (Å²) < 4.78 is 4.78. The lowest BCUT2D eigenvalue weighted by molar-refractivity contribution is -0.133. The average Bonchev–Trinajstić information content (AvgIpc) is 3.19. The van der Waals surface area contributed by atoms with Gasteiger partial charge in [0.25, 0.3) is 5.91 Å². The summed E-state index contributed by atoms with van der Waals surface area (Å²) in [6.45, 7) is 1.93. The van der Waals surface area contributed by atoms with Gasteiger partial charge in [-0.3, -0.25) is 15.0 Å². The number of esters is 1. The highest BCUT2D eigenvalue weighted by Gasteiger charge is 2.67. The number of nitrogens with one attached hydrogen (secondary N) is 1. The Balaban J connectivity index is 1.90. The Morgan fingerprint density at radius 3 is 2.41 bits per heavy atom. The van der Waals surface area contributed by atoms with Gasteiger partial charge in [0.15, 0.2) is 11.3 Å². The normalized spacial score (nSPS) is 23.7. The van der Waals surface area contributed by atoms with E-state index >= 15 is 0 Å². The van der Waals surface area contributed by atoms with Crippen LogP contribution in [-0.4, -0.2) is 30.6 Å². The summed E-state index contributed by atoms with van der Waals surface area (Å²) in [6, 6.07) is 15.9. The third kappa shape index (κ3) is 2.28. The van der Waals surface area contributed by atoms with E-state index < -0.39 is 29.2 Å². The second-order valence-corrected chi connectivity index (χ2v) is 6.52. The van der Waals surface area contributed by atoms with E-state index in [0.29, 0.717) is 11.3 Å². The van der Waals surface area contributed by atoms with Crippen LogP contribution >= 0.6 is 0 Å². The fourth-order valence-corrected chi connectivity index (χ4v) is 3.62. The first-order chi connectivity index (χ1) is 13.0. The van der Waals surface area contributed by atoms with Gasteiger partial charge >= 0.3 is 5.97 Å². The first kappa shape index (κ1) is 17.0. The van der Waals surface area contributed by atoms with Gasteiger partial charge in [-0.15, -0.1) is 0 Å². The van der Waals surface area contributed by atoms with Crippen molar-refractivity contribution in [2.24, 2.45) is 11.0 Å². The van der Waals surface area contributed by atoms with Crippen molar-refractivity contribution in [1.29, 1.82) is 0 Å². The molecule has 0 aliphatic carbocycles. The maximum atomic E-state index is 13.5. The molecule has 2 atom stereocenters. The van der Waals surface area contributed by atoms with Gasteiger partial charge in [0.1, 0.15) is 5.92 Å². The number of rotatable bonds is 3. The van der Waals surface area contributed by atoms with Gasteiger partial charge in [-0.2, -0.15) is 5.10 Å². The Morgan fingerprint density at radius 2 is 1.78 bits per heavy atom. The van der Waals surface area contributed by atoms with Crippen molar-refractivity contribution >= 4 is 29.2 Å². The van der Waals surface area contributed by atoms with Crippen LogP contribution in [-0.2, 0) is 24.7 Å². The first-order valence-electron chi connectivity index (χ1n) is 8.44. The van der Waals surface area contributed by atoms with E-state index in [4.69, 9.17) is 4.74 Å². The molecule has 2 aromatic carbocycles. The molecule has 0 saturated carbocycles. The summed E-state index contributed by atoms with van der Waals surface area (Å²) in [6.07, 6.45) is 0. The Hall–Kier alpha value is -3.48. The SMILES string of the molecule is COC(=O)C1=NN[C@]2(c3ccc(C)cc3)C(=O)N(c3ccccc3)C(=O)[C@@H]12. The zero-order valence-corrected chi connectivity index (χ0v) is 14.8. The number of carbonyl (C=O) groups excluding carboxylic acids is 3. The molecule has 4 rings (SSSR count). The number of hydrazone groups is 1. The molecular formula is C20H17N3O4. The third-order valence-corrected chi connectivity index (χ3v) is 4.98. The number of fused-ring (bicyclic) bond motifs is 1. The summed E-state index contributed by atoms with van der Waals surface area (Å²) in [7, 11) is 1.22. The van der Waals surface area contributed by atoms with E-state index in [9.17, 15) is 14.4 Å². The smallest absolute Gasteiger partial charge is 0.355 e. The number of aryl methyl sites for hydroxylation is 1. The molecule has 2 aromatic rings. The van der Waals surface area contributed by atoms with Crippen LogP contribution in [0.3, 0.4) is 0 Å². The van der Waals surface area contributed by atoms with Gasteiger partial charge in [0.2, 0.25) is 5.91 Å². The highest BCUT2D eigenvalue weighted by Crippen LogP contribution is 2.44. The maximum absolute atomic E-state index is 13.5. The monoisotopic (exact) mass is 363 g/mol. The molecule has 1 N–H and O–H groups in total. The van der Waals surface area contributed by atoms with Crippen molar-refractivity contribution < 1.29 is 19.1 Å². The van der Waals surface area contributed by atoms with Crippen molar-refractivity contribution in [1.82, 2.24) is 5.43 Å². The van der Waals surface area contributed by atoms with Crippen molar-refractivity contribution in [2.75, 3.05) is 12.0 Å². The molecule has 1 saturated heterocycles. The van der Waals surface area contributed by atoms with Crippen LogP contribution < -0.4 is 10.3 Å². The third-order valence-electron chi connectivity index (χ3n) is 4.98. The first-order valence-corrected chi connectivity index (χ1v) is 8.44. The predicted octanol–water partition coefficient (Wildman–Crippen LogP) is 1.51. The van der Waals surface area contributed by atoms with Crippen molar-refractivity contribution in [2.45, 2.75) is 12.5 Å². The van der Waals surface area contributed by atoms with Crippen molar-refractivity contribution in [3.8, 4) is 0 Å². The Bertz CT molecular complexity index is 968. The van der Waals surface area contributed by atoms with Gasteiger partial charge in [-0.05, 0) is 24.6 Å². The van der Waals surface area contributed by atoms with Crippen LogP contribution in [0.2, 0.25) is 0 Å². The summed E-state index contributed by atoms with van der Waals surface area (Å²) in [5.74, 6) is -2.82. The minimum absolute atomic E-state index is 0.102. The average molecular weight is 363 g/mol. The number of hydrogen-bond donors (Lipinski definition) is 1. The number of ether oxygens (including phenoxy) is 1. The zero-order chi connectivity index (χ0) is 19.2. The zero-order valence-electron chi connectivity index (χ0n) is 14.8. The van der Waals surface area contributed by atoms with Gasteiger partial charge in [0, 0.05) is 0 Å². The highest BCUT2D eigenvalue weighted by molar-refractivity contribution is 6.47. The molecule has 0 radical (unpaired) electrons. The molecule has 1 fully saturated rings. The van der Waals surface area contributed by atoms with Crippen LogP contribution in [0.4, 0.5) is 5.69 Å². The van der Waals surface area contributed by atoms with Crippen molar-refractivity contribution in [3.05, 3.63) is 65.7 Å². The number of carbonyl (C=O) groups is 3. The van der Waals surface area contributed by atoms with E-state index in [1.165, 1.54) is 7.11 Å². The fraction of sp³-hybridized carbons (Fsp3) is 0.200. The van der Waals surface area contributed by atoms with Crippen molar-refractivity contribution in [3.63, 3.8) is 0 Å². The number of benzene rings is 2. The largest absolute Gasteiger partial charge is 0.464 e. The molecule has 7 heteroatoms. The molecule has 27 heavy (non-hydrogen) atoms. The van der Waals surface area contributed by atoms with E-state index in [-0.39, 0.29) is 5.71 Å². The van der Waals surface area contributed by atoms with Gasteiger partial charge in [-0.25, -0.2) is 9.69 Å². The van der Waals surface area contributed by atoms with E-state index in [0.717, 1.165) is 10.5 Å². The Labute approximate surface area is 155 Å². The van der Waals surface area contributed by atoms with E-state index in [2.05, 4.69) is 10.5 Å². The summed E-state index contributed by atoms with van der Waals surface area (Å²) in [4.78, 5) is 40.0. The van der Waals surface area contributed by atoms with Crippen LogP contribution in [0.15, 0.2) is 59.7 Å². The number of imide groups is 1. The second kappa shape index (κ2) is 6.05. The van der Waals surface area contributed by atoms with Gasteiger partial charge in [-0.1, -0.05) is 48.0 Å². The molecule has 7 nitrogen and oxygen atoms in total. The molecule has 2 aliphatic rings. The summed E-state index contributed by atoms with van der Waals surface area (Å²) >= 11 is 0. The number of para-hydroxylation sites is 1. The Kier molecular flexibility index (Phi) is 3.80.